The molecule has 0 spiro atoms. The summed E-state index contributed by atoms with van der Waals surface area (Å²) in [5.74, 6) is -1.65. The Morgan fingerprint density at radius 2 is 1.80 bits per heavy atom. The van der Waals surface area contributed by atoms with Crippen molar-refractivity contribution >= 4 is 5.97 Å². The lowest BCUT2D eigenvalue weighted by Crippen LogP contribution is -2.39. The predicted molar refractivity (Wildman–Crippen MR) is 54.2 cm³/mol. The standard InChI is InChI=1S/C11H16O4/c1-3-8(11(14)15)7-4-9(12)6(2)10(13)5-7/h6-7,9-10,12-13H,1,4-5H2,2H3,(H,14,15). The van der Waals surface area contributed by atoms with E-state index < -0.39 is 18.2 Å². The molecule has 1 aliphatic carbocycles. The molecule has 0 saturated heterocycles. The maximum Gasteiger partial charge on any atom is 0.339 e. The van der Waals surface area contributed by atoms with Gasteiger partial charge in [0.2, 0.25) is 0 Å². The minimum Gasteiger partial charge on any atom is -0.477 e. The molecular weight excluding hydrogens is 196 g/mol. The molecule has 2 atom stereocenters. The molecule has 4 nitrogen and oxygen atoms in total. The molecule has 1 rings (SSSR count). The molecule has 15 heavy (non-hydrogen) atoms. The number of hydrogen-bond donors (Lipinski definition) is 3. The monoisotopic (exact) mass is 212 g/mol. The maximum atomic E-state index is 10.8. The molecule has 4 heteroatoms. The number of rotatable bonds is 2. The summed E-state index contributed by atoms with van der Waals surface area (Å²) in [4.78, 5) is 10.8. The number of carbonyl (C=O) groups is 1. The third-order valence-corrected chi connectivity index (χ3v) is 3.09. The fraction of sp³-hybridized carbons (Fsp3) is 0.636. The number of aliphatic carboxylic acids is 1. The summed E-state index contributed by atoms with van der Waals surface area (Å²) in [7, 11) is 0. The van der Waals surface area contributed by atoms with Gasteiger partial charge < -0.3 is 15.3 Å². The average Bonchev–Trinajstić information content (AvgIpc) is 2.14. The van der Waals surface area contributed by atoms with Gasteiger partial charge in [-0.1, -0.05) is 13.5 Å². The van der Waals surface area contributed by atoms with Crippen LogP contribution in [0, 0.1) is 11.8 Å². The van der Waals surface area contributed by atoms with E-state index in [9.17, 15) is 15.0 Å². The Labute approximate surface area is 88.5 Å². The van der Waals surface area contributed by atoms with Crippen LogP contribution < -0.4 is 0 Å². The molecule has 84 valence electrons. The summed E-state index contributed by atoms with van der Waals surface area (Å²) >= 11 is 0. The molecule has 0 amide bonds. The summed E-state index contributed by atoms with van der Waals surface area (Å²) in [6, 6.07) is 0. The molecule has 1 saturated carbocycles. The van der Waals surface area contributed by atoms with E-state index in [0.717, 1.165) is 0 Å². The van der Waals surface area contributed by atoms with E-state index in [1.165, 1.54) is 0 Å². The van der Waals surface area contributed by atoms with Crippen molar-refractivity contribution in [2.75, 3.05) is 0 Å². The van der Waals surface area contributed by atoms with Crippen LogP contribution in [0.2, 0.25) is 0 Å². The maximum absolute atomic E-state index is 10.8. The lowest BCUT2D eigenvalue weighted by atomic mass is 9.76. The first-order valence-electron chi connectivity index (χ1n) is 4.96. The van der Waals surface area contributed by atoms with Crippen LogP contribution in [0.15, 0.2) is 17.9 Å². The van der Waals surface area contributed by atoms with Gasteiger partial charge in [-0.05, 0) is 12.8 Å². The van der Waals surface area contributed by atoms with Gasteiger partial charge in [0.05, 0.1) is 17.8 Å². The van der Waals surface area contributed by atoms with E-state index in [4.69, 9.17) is 5.11 Å². The van der Waals surface area contributed by atoms with Crippen molar-refractivity contribution in [2.45, 2.75) is 32.0 Å². The van der Waals surface area contributed by atoms with Crippen molar-refractivity contribution in [1.29, 1.82) is 0 Å². The summed E-state index contributed by atoms with van der Waals surface area (Å²) < 4.78 is 0. The van der Waals surface area contributed by atoms with Gasteiger partial charge in [0.1, 0.15) is 0 Å². The molecule has 1 aliphatic rings. The van der Waals surface area contributed by atoms with E-state index in [0.29, 0.717) is 12.8 Å². The molecule has 0 bridgehead atoms. The van der Waals surface area contributed by atoms with Crippen LogP contribution in [0.1, 0.15) is 19.8 Å². The Morgan fingerprint density at radius 1 is 1.33 bits per heavy atom. The van der Waals surface area contributed by atoms with Gasteiger partial charge in [0, 0.05) is 11.8 Å². The first-order valence-corrected chi connectivity index (χ1v) is 4.96. The highest BCUT2D eigenvalue weighted by Gasteiger charge is 2.36. The lowest BCUT2D eigenvalue weighted by molar-refractivity contribution is -0.134. The number of carboxylic acid groups (broad SMARTS) is 1. The molecule has 0 aromatic heterocycles. The van der Waals surface area contributed by atoms with Crippen LogP contribution in [0.5, 0.6) is 0 Å². The third kappa shape index (κ3) is 2.48. The van der Waals surface area contributed by atoms with Crippen LogP contribution in [-0.2, 0) is 4.79 Å². The van der Waals surface area contributed by atoms with Crippen LogP contribution in [0.4, 0.5) is 0 Å². The number of hydrogen-bond acceptors (Lipinski definition) is 3. The van der Waals surface area contributed by atoms with Gasteiger partial charge in [-0.2, -0.15) is 0 Å². The lowest BCUT2D eigenvalue weighted by Gasteiger charge is -2.34. The minimum absolute atomic E-state index is 0.0556. The second kappa shape index (κ2) is 4.62. The third-order valence-electron chi connectivity index (χ3n) is 3.09. The van der Waals surface area contributed by atoms with Crippen molar-refractivity contribution in [3.05, 3.63) is 17.9 Å². The second-order valence-corrected chi connectivity index (χ2v) is 4.06. The first kappa shape index (κ1) is 12.0. The zero-order chi connectivity index (χ0) is 11.6. The van der Waals surface area contributed by atoms with Crippen LogP contribution >= 0.6 is 0 Å². The van der Waals surface area contributed by atoms with Gasteiger partial charge in [-0.15, -0.1) is 5.73 Å². The number of aliphatic hydroxyl groups is 2. The molecule has 1 fully saturated rings. The van der Waals surface area contributed by atoms with Crippen molar-refractivity contribution < 1.29 is 20.1 Å². The van der Waals surface area contributed by atoms with E-state index in [1.807, 2.05) is 0 Å². The van der Waals surface area contributed by atoms with E-state index in [-0.39, 0.29) is 17.4 Å². The van der Waals surface area contributed by atoms with Gasteiger partial charge in [-0.25, -0.2) is 4.79 Å². The highest BCUT2D eigenvalue weighted by atomic mass is 16.4. The molecule has 0 aliphatic heterocycles. The van der Waals surface area contributed by atoms with Crippen molar-refractivity contribution in [1.82, 2.24) is 0 Å². The highest BCUT2D eigenvalue weighted by molar-refractivity contribution is 5.86. The van der Waals surface area contributed by atoms with E-state index in [2.05, 4.69) is 12.3 Å². The molecule has 0 heterocycles. The molecule has 0 aromatic rings. The normalized spacial score (nSPS) is 35.7. The summed E-state index contributed by atoms with van der Waals surface area (Å²) in [5, 5.41) is 28.1. The fourth-order valence-corrected chi connectivity index (χ4v) is 2.00. The minimum atomic E-state index is -1.08. The zero-order valence-corrected chi connectivity index (χ0v) is 8.68. The van der Waals surface area contributed by atoms with Crippen molar-refractivity contribution in [3.8, 4) is 0 Å². The number of aliphatic hydroxyl groups excluding tert-OH is 2. The Kier molecular flexibility index (Phi) is 3.69. The quantitative estimate of drug-likeness (QED) is 0.461. The van der Waals surface area contributed by atoms with Gasteiger partial charge in [-0.3, -0.25) is 0 Å². The van der Waals surface area contributed by atoms with E-state index in [1.54, 1.807) is 6.92 Å². The molecule has 2 unspecified atom stereocenters. The molecular formula is C11H16O4. The largest absolute Gasteiger partial charge is 0.477 e. The predicted octanol–water partition coefficient (Wildman–Crippen LogP) is 0.550. The smallest absolute Gasteiger partial charge is 0.339 e. The highest BCUT2D eigenvalue weighted by Crippen LogP contribution is 2.33. The molecule has 3 N–H and O–H groups in total. The first-order chi connectivity index (χ1) is 6.97. The Balaban J connectivity index is 2.82. The summed E-state index contributed by atoms with van der Waals surface area (Å²) in [6.07, 6.45) is -0.631. The van der Waals surface area contributed by atoms with Crippen molar-refractivity contribution in [2.24, 2.45) is 11.8 Å². The van der Waals surface area contributed by atoms with Crippen LogP contribution in [-0.4, -0.2) is 33.5 Å². The van der Waals surface area contributed by atoms with Gasteiger partial charge >= 0.3 is 5.97 Å². The zero-order valence-electron chi connectivity index (χ0n) is 8.68. The topological polar surface area (TPSA) is 77.8 Å². The van der Waals surface area contributed by atoms with Gasteiger partial charge in [0.15, 0.2) is 0 Å². The van der Waals surface area contributed by atoms with Crippen molar-refractivity contribution in [3.63, 3.8) is 0 Å². The van der Waals surface area contributed by atoms with Crippen LogP contribution in [0.3, 0.4) is 0 Å². The summed E-state index contributed by atoms with van der Waals surface area (Å²) in [5.41, 5.74) is 2.43. The number of carboxylic acids is 1. The Hall–Kier alpha value is -1.09. The average molecular weight is 212 g/mol. The van der Waals surface area contributed by atoms with E-state index >= 15 is 0 Å². The SMILES string of the molecule is C=C=C(C(=O)O)C1CC(O)C(C)C(O)C1. The molecule has 0 aromatic carbocycles. The summed E-state index contributed by atoms with van der Waals surface area (Å²) in [6.45, 7) is 5.07. The van der Waals surface area contributed by atoms with Crippen LogP contribution in [0.25, 0.3) is 0 Å². The second-order valence-electron chi connectivity index (χ2n) is 4.06. The molecule has 0 radical (unpaired) electrons. The van der Waals surface area contributed by atoms with Gasteiger partial charge in [0.25, 0.3) is 0 Å². The Bertz CT molecular complexity index is 292. The fourth-order valence-electron chi connectivity index (χ4n) is 2.00. The Morgan fingerprint density at radius 3 is 2.13 bits per heavy atom.